The summed E-state index contributed by atoms with van der Waals surface area (Å²) in [6.45, 7) is 8.22. The topological polar surface area (TPSA) is 60.4 Å². The van der Waals surface area contributed by atoms with E-state index in [1.807, 2.05) is 12.1 Å². The molecule has 0 bridgehead atoms. The van der Waals surface area contributed by atoms with E-state index in [-0.39, 0.29) is 18.6 Å². The van der Waals surface area contributed by atoms with Gasteiger partial charge in [0.25, 0.3) is 0 Å². The number of hydrogen-bond acceptors (Lipinski definition) is 6. The van der Waals surface area contributed by atoms with Crippen molar-refractivity contribution in [2.24, 2.45) is 5.41 Å². The van der Waals surface area contributed by atoms with Crippen LogP contribution in [0.4, 0.5) is 5.69 Å². The number of anilines is 1. The number of ether oxygens (including phenoxy) is 4. The predicted molar refractivity (Wildman–Crippen MR) is 217 cm³/mol. The van der Waals surface area contributed by atoms with Crippen LogP contribution in [-0.2, 0) is 15.8 Å². The van der Waals surface area contributed by atoms with Gasteiger partial charge in [-0.3, -0.25) is 0 Å². The summed E-state index contributed by atoms with van der Waals surface area (Å²) in [6.07, 6.45) is 11.8. The maximum absolute atomic E-state index is 9.40. The van der Waals surface area contributed by atoms with Crippen LogP contribution in [0, 0.1) is 5.41 Å². The number of fused-ring (bicyclic) bond motifs is 10. The summed E-state index contributed by atoms with van der Waals surface area (Å²) >= 11 is 0. The molecule has 1 atom stereocenters. The van der Waals surface area contributed by atoms with Gasteiger partial charge in [-0.25, -0.2) is 0 Å². The number of rotatable bonds is 9. The SMILES string of the molecule is CCC1(CC)CCC2(CC1)c1ccccc1-c1c2c2c(c3cc(OC)ccc13)OC(c1ccc(OCCO)cc1)(c1ccc(N3CCOCC3)cc1)C=C2. The van der Waals surface area contributed by atoms with E-state index >= 15 is 0 Å². The summed E-state index contributed by atoms with van der Waals surface area (Å²) in [5.41, 5.74) is 9.42. The molecule has 0 radical (unpaired) electrons. The third-order valence-corrected chi connectivity index (χ3v) is 13.4. The number of benzene rings is 5. The second kappa shape index (κ2) is 13.8. The zero-order valence-electron chi connectivity index (χ0n) is 31.8. The Morgan fingerprint density at radius 1 is 0.778 bits per heavy atom. The monoisotopic (exact) mass is 721 g/mol. The third kappa shape index (κ3) is 5.44. The minimum atomic E-state index is -0.916. The van der Waals surface area contributed by atoms with Crippen molar-refractivity contribution in [3.63, 3.8) is 0 Å². The van der Waals surface area contributed by atoms with Crippen molar-refractivity contribution in [1.82, 2.24) is 0 Å². The lowest BCUT2D eigenvalue weighted by Crippen LogP contribution is -2.38. The van der Waals surface area contributed by atoms with Gasteiger partial charge in [-0.1, -0.05) is 81.3 Å². The highest BCUT2D eigenvalue weighted by Crippen LogP contribution is 2.64. The Bertz CT molecular complexity index is 2190. The quantitative estimate of drug-likeness (QED) is 0.164. The van der Waals surface area contributed by atoms with Gasteiger partial charge in [-0.2, -0.15) is 0 Å². The molecule has 0 amide bonds. The van der Waals surface area contributed by atoms with Gasteiger partial charge in [0, 0.05) is 46.3 Å². The predicted octanol–water partition coefficient (Wildman–Crippen LogP) is 10.1. The second-order valence-corrected chi connectivity index (χ2v) is 15.7. The van der Waals surface area contributed by atoms with Crippen molar-refractivity contribution in [1.29, 1.82) is 0 Å². The molecule has 2 heterocycles. The minimum absolute atomic E-state index is 0.0338. The summed E-state index contributed by atoms with van der Waals surface area (Å²) in [5.74, 6) is 2.42. The van der Waals surface area contributed by atoms with Gasteiger partial charge in [0.1, 0.15) is 23.9 Å². The van der Waals surface area contributed by atoms with Crippen LogP contribution in [0.25, 0.3) is 28.0 Å². The molecule has 4 aliphatic rings. The first-order valence-electron chi connectivity index (χ1n) is 19.9. The molecule has 5 aromatic carbocycles. The van der Waals surface area contributed by atoms with E-state index in [0.29, 0.717) is 11.2 Å². The summed E-state index contributed by atoms with van der Waals surface area (Å²) < 4.78 is 25.0. The zero-order valence-corrected chi connectivity index (χ0v) is 31.8. The molecule has 278 valence electrons. The van der Waals surface area contributed by atoms with Crippen molar-refractivity contribution in [2.75, 3.05) is 51.5 Å². The molecule has 54 heavy (non-hydrogen) atoms. The van der Waals surface area contributed by atoms with Crippen LogP contribution in [0.5, 0.6) is 17.2 Å². The number of hydrogen-bond donors (Lipinski definition) is 1. The van der Waals surface area contributed by atoms with Gasteiger partial charge in [0.15, 0.2) is 5.60 Å². The molecular weight excluding hydrogens is 671 g/mol. The molecule has 5 aromatic rings. The normalized spacial score (nSPS) is 20.6. The highest BCUT2D eigenvalue weighted by Gasteiger charge is 2.51. The van der Waals surface area contributed by atoms with Crippen LogP contribution in [-0.4, -0.2) is 51.7 Å². The van der Waals surface area contributed by atoms with Gasteiger partial charge in [-0.05, 0) is 107 Å². The molecule has 6 heteroatoms. The van der Waals surface area contributed by atoms with Gasteiger partial charge < -0.3 is 29.0 Å². The fraction of sp³-hybridized carbons (Fsp3) is 0.375. The fourth-order valence-electron chi connectivity index (χ4n) is 10.1. The van der Waals surface area contributed by atoms with Crippen molar-refractivity contribution in [3.05, 3.63) is 125 Å². The molecule has 2 aliphatic heterocycles. The van der Waals surface area contributed by atoms with Crippen LogP contribution >= 0.6 is 0 Å². The maximum Gasteiger partial charge on any atom is 0.178 e. The van der Waals surface area contributed by atoms with E-state index in [1.54, 1.807) is 7.11 Å². The van der Waals surface area contributed by atoms with Gasteiger partial charge in [0.05, 0.1) is 26.9 Å². The summed E-state index contributed by atoms with van der Waals surface area (Å²) in [4.78, 5) is 2.39. The first kappa shape index (κ1) is 35.0. The lowest BCUT2D eigenvalue weighted by atomic mass is 9.58. The molecule has 1 saturated carbocycles. The number of nitrogens with zero attached hydrogens (tertiary/aromatic N) is 1. The number of aliphatic hydroxyl groups is 1. The molecule has 1 unspecified atom stereocenters. The average molecular weight is 722 g/mol. The molecule has 2 fully saturated rings. The Labute approximate surface area is 319 Å². The van der Waals surface area contributed by atoms with E-state index in [1.165, 1.54) is 64.6 Å². The van der Waals surface area contributed by atoms with Crippen LogP contribution < -0.4 is 19.1 Å². The fourth-order valence-corrected chi connectivity index (χ4v) is 10.1. The van der Waals surface area contributed by atoms with Crippen molar-refractivity contribution < 1.29 is 24.1 Å². The first-order chi connectivity index (χ1) is 26.5. The van der Waals surface area contributed by atoms with Crippen LogP contribution in [0.2, 0.25) is 0 Å². The number of methoxy groups -OCH3 is 1. The molecular formula is C48H51NO5. The minimum Gasteiger partial charge on any atom is -0.497 e. The second-order valence-electron chi connectivity index (χ2n) is 15.7. The molecule has 1 spiro atoms. The standard InChI is InChI=1S/C48H51NO5/c1-4-46(5-2)22-24-47(25-23-46)42-9-7-6-8-39(42)43-38-19-18-37(51-3)32-41(38)45-40(44(43)47)20-21-48(54-45,34-12-16-36(17-13-34)53-31-28-50)33-10-14-35(15-11-33)49-26-29-52-30-27-49/h6-21,32,50H,4-5,22-31H2,1-3H3. The van der Waals surface area contributed by atoms with Crippen LogP contribution in [0.15, 0.2) is 97.1 Å². The first-order valence-corrected chi connectivity index (χ1v) is 19.9. The average Bonchev–Trinajstić information content (AvgIpc) is 3.53. The van der Waals surface area contributed by atoms with Crippen LogP contribution in [0.3, 0.4) is 0 Å². The number of morpholine rings is 1. The molecule has 1 N–H and O–H groups in total. The zero-order chi connectivity index (χ0) is 36.9. The van der Waals surface area contributed by atoms with Gasteiger partial charge in [0.2, 0.25) is 0 Å². The Balaban J connectivity index is 1.26. The lowest BCUT2D eigenvalue weighted by molar-refractivity contribution is 0.122. The van der Waals surface area contributed by atoms with Crippen molar-refractivity contribution in [3.8, 4) is 28.4 Å². The van der Waals surface area contributed by atoms with E-state index in [0.717, 1.165) is 67.2 Å². The van der Waals surface area contributed by atoms with E-state index in [4.69, 9.17) is 18.9 Å². The van der Waals surface area contributed by atoms with E-state index in [9.17, 15) is 5.11 Å². The lowest BCUT2D eigenvalue weighted by Gasteiger charge is -2.47. The van der Waals surface area contributed by atoms with Crippen molar-refractivity contribution in [2.45, 2.75) is 63.4 Å². The Morgan fingerprint density at radius 3 is 2.15 bits per heavy atom. The third-order valence-electron chi connectivity index (χ3n) is 13.4. The van der Waals surface area contributed by atoms with Gasteiger partial charge >= 0.3 is 0 Å². The molecule has 9 rings (SSSR count). The molecule has 0 aromatic heterocycles. The maximum atomic E-state index is 9.40. The Hall–Kier alpha value is -4.78. The highest BCUT2D eigenvalue weighted by molar-refractivity contribution is 6.09. The summed E-state index contributed by atoms with van der Waals surface area (Å²) in [6, 6.07) is 32.7. The van der Waals surface area contributed by atoms with E-state index < -0.39 is 5.60 Å². The summed E-state index contributed by atoms with van der Waals surface area (Å²) in [5, 5.41) is 11.7. The molecule has 2 aliphatic carbocycles. The largest absolute Gasteiger partial charge is 0.497 e. The smallest absolute Gasteiger partial charge is 0.178 e. The highest BCUT2D eigenvalue weighted by atomic mass is 16.5. The van der Waals surface area contributed by atoms with Crippen LogP contribution in [0.1, 0.15) is 80.2 Å². The van der Waals surface area contributed by atoms with E-state index in [2.05, 4.69) is 110 Å². The Morgan fingerprint density at radius 2 is 1.46 bits per heavy atom. The van der Waals surface area contributed by atoms with Crippen molar-refractivity contribution >= 4 is 22.5 Å². The summed E-state index contributed by atoms with van der Waals surface area (Å²) in [7, 11) is 1.74. The van der Waals surface area contributed by atoms with Gasteiger partial charge in [-0.15, -0.1) is 0 Å². The molecule has 1 saturated heterocycles. The molecule has 6 nitrogen and oxygen atoms in total. The number of aliphatic hydroxyl groups excluding tert-OH is 1. The Kier molecular flexibility index (Phi) is 8.94.